The van der Waals surface area contributed by atoms with Gasteiger partial charge in [0, 0.05) is 18.4 Å². The lowest BCUT2D eigenvalue weighted by molar-refractivity contribution is -0.115. The van der Waals surface area contributed by atoms with Crippen molar-refractivity contribution in [1.82, 2.24) is 0 Å². The van der Waals surface area contributed by atoms with Crippen molar-refractivity contribution in [2.75, 3.05) is 21.3 Å². The molecule has 0 unspecified atom stereocenters. The zero-order chi connectivity index (χ0) is 17.1. The number of Topliss-reactive ketones (excluding diaryl/α,β-unsaturated/α-hetero) is 1. The van der Waals surface area contributed by atoms with Crippen LogP contribution in [0.1, 0.15) is 23.7 Å². The maximum absolute atomic E-state index is 13.0. The largest absolute Gasteiger partial charge is 0.496 e. The minimum atomic E-state index is -0.431. The Morgan fingerprint density at radius 3 is 2.35 bits per heavy atom. The molecule has 0 bridgehead atoms. The molecule has 2 rings (SSSR count). The number of carbonyl (C=O) groups is 2. The van der Waals surface area contributed by atoms with Gasteiger partial charge in [-0.25, -0.2) is 0 Å². The number of carbonyl (C=O) groups excluding carboxylic acids is 2. The molecule has 23 heavy (non-hydrogen) atoms. The summed E-state index contributed by atoms with van der Waals surface area (Å²) in [5.74, 6) is 0.193. The Morgan fingerprint density at radius 1 is 1.17 bits per heavy atom. The monoisotopic (exact) mass is 338 g/mol. The Kier molecular flexibility index (Phi) is 5.31. The third-order valence-corrected chi connectivity index (χ3v) is 4.33. The van der Waals surface area contributed by atoms with Crippen molar-refractivity contribution in [2.24, 2.45) is 11.8 Å². The van der Waals surface area contributed by atoms with Crippen LogP contribution >= 0.6 is 11.6 Å². The number of allylic oxidation sites excluding steroid dienone is 2. The summed E-state index contributed by atoms with van der Waals surface area (Å²) in [4.78, 5) is 24.5. The molecule has 0 N–H and O–H groups in total. The predicted octanol–water partition coefficient (Wildman–Crippen LogP) is 3.33. The van der Waals surface area contributed by atoms with Gasteiger partial charge in [-0.2, -0.15) is 0 Å². The second-order valence-electron chi connectivity index (χ2n) is 5.40. The zero-order valence-electron chi connectivity index (χ0n) is 13.5. The van der Waals surface area contributed by atoms with Crippen LogP contribution in [-0.2, 0) is 4.79 Å². The lowest BCUT2D eigenvalue weighted by atomic mass is 9.80. The van der Waals surface area contributed by atoms with Gasteiger partial charge < -0.3 is 14.2 Å². The van der Waals surface area contributed by atoms with Crippen LogP contribution in [0, 0.1) is 11.8 Å². The fraction of sp³-hybridized carbons (Fsp3) is 0.412. The highest BCUT2D eigenvalue weighted by Crippen LogP contribution is 2.44. The number of hydrogen-bond donors (Lipinski definition) is 0. The standard InChI is InChI=1S/C17H19ClO5/c1-9-7-10(19)5-6-11(9)16(20)14-12(21-2)8-13(22-3)15(18)17(14)23-4/h5-6,8-9,11H,7H2,1-4H3/t9-,11+/m1/s1. The first-order valence-electron chi connectivity index (χ1n) is 7.18. The maximum Gasteiger partial charge on any atom is 0.177 e. The molecule has 6 heteroatoms. The van der Waals surface area contributed by atoms with Crippen LogP contribution in [0.25, 0.3) is 0 Å². The van der Waals surface area contributed by atoms with Crippen LogP contribution in [0.15, 0.2) is 18.2 Å². The van der Waals surface area contributed by atoms with Crippen LogP contribution in [0.3, 0.4) is 0 Å². The van der Waals surface area contributed by atoms with E-state index < -0.39 is 5.92 Å². The summed E-state index contributed by atoms with van der Waals surface area (Å²) in [6.45, 7) is 1.87. The summed E-state index contributed by atoms with van der Waals surface area (Å²) in [6.07, 6.45) is 3.42. The molecule has 0 amide bonds. The third kappa shape index (κ3) is 3.20. The van der Waals surface area contributed by atoms with Crippen molar-refractivity contribution >= 4 is 23.2 Å². The van der Waals surface area contributed by atoms with Crippen molar-refractivity contribution in [2.45, 2.75) is 13.3 Å². The Bertz CT molecular complexity index is 665. The van der Waals surface area contributed by atoms with E-state index in [1.807, 2.05) is 6.92 Å². The topological polar surface area (TPSA) is 61.8 Å². The van der Waals surface area contributed by atoms with Crippen LogP contribution in [0.2, 0.25) is 5.02 Å². The average Bonchev–Trinajstić information content (AvgIpc) is 2.53. The predicted molar refractivity (Wildman–Crippen MR) is 86.9 cm³/mol. The van der Waals surface area contributed by atoms with E-state index in [9.17, 15) is 9.59 Å². The fourth-order valence-electron chi connectivity index (χ4n) is 2.75. The highest BCUT2D eigenvalue weighted by atomic mass is 35.5. The van der Waals surface area contributed by atoms with Gasteiger partial charge in [0.05, 0.1) is 21.3 Å². The second kappa shape index (κ2) is 7.04. The lowest BCUT2D eigenvalue weighted by Crippen LogP contribution is -2.26. The number of rotatable bonds is 5. The molecule has 1 aliphatic rings. The van der Waals surface area contributed by atoms with E-state index >= 15 is 0 Å². The van der Waals surface area contributed by atoms with Crippen molar-refractivity contribution in [3.63, 3.8) is 0 Å². The molecule has 124 valence electrons. The molecule has 0 spiro atoms. The zero-order valence-corrected chi connectivity index (χ0v) is 14.3. The Morgan fingerprint density at radius 2 is 1.83 bits per heavy atom. The number of ether oxygens (including phenoxy) is 3. The van der Waals surface area contributed by atoms with Gasteiger partial charge in [-0.05, 0) is 12.0 Å². The van der Waals surface area contributed by atoms with E-state index in [1.54, 1.807) is 12.1 Å². The first-order chi connectivity index (χ1) is 10.9. The molecule has 0 radical (unpaired) electrons. The van der Waals surface area contributed by atoms with E-state index in [2.05, 4.69) is 0 Å². The molecule has 0 aromatic heterocycles. The Balaban J connectivity index is 2.57. The summed E-state index contributed by atoms with van der Waals surface area (Å²) in [5, 5.41) is 0.211. The van der Waals surface area contributed by atoms with Gasteiger partial charge in [0.1, 0.15) is 22.1 Å². The van der Waals surface area contributed by atoms with Crippen molar-refractivity contribution in [3.05, 3.63) is 28.8 Å². The molecule has 1 aromatic carbocycles. The number of ketones is 2. The number of benzene rings is 1. The highest BCUT2D eigenvalue weighted by Gasteiger charge is 2.33. The molecule has 5 nitrogen and oxygen atoms in total. The molecule has 2 atom stereocenters. The third-order valence-electron chi connectivity index (χ3n) is 3.97. The lowest BCUT2D eigenvalue weighted by Gasteiger charge is -2.24. The van der Waals surface area contributed by atoms with E-state index in [0.29, 0.717) is 17.9 Å². The SMILES string of the molecule is COc1cc(OC)c(C(=O)[C@H]2C=CC(=O)C[C@H]2C)c(OC)c1Cl. The number of halogens is 1. The second-order valence-corrected chi connectivity index (χ2v) is 5.78. The van der Waals surface area contributed by atoms with E-state index in [1.165, 1.54) is 27.4 Å². The average molecular weight is 339 g/mol. The van der Waals surface area contributed by atoms with Crippen LogP contribution < -0.4 is 14.2 Å². The summed E-state index contributed by atoms with van der Waals surface area (Å²) in [7, 11) is 4.36. The van der Waals surface area contributed by atoms with E-state index in [0.717, 1.165) is 0 Å². The minimum Gasteiger partial charge on any atom is -0.496 e. The Hall–Kier alpha value is -2.01. The quantitative estimate of drug-likeness (QED) is 0.771. The van der Waals surface area contributed by atoms with Gasteiger partial charge >= 0.3 is 0 Å². The first kappa shape index (κ1) is 17.3. The summed E-state index contributed by atoms with van der Waals surface area (Å²) >= 11 is 6.26. The summed E-state index contributed by atoms with van der Waals surface area (Å²) in [6, 6.07) is 1.56. The molecule has 0 fully saturated rings. The van der Waals surface area contributed by atoms with Crippen LogP contribution in [0.4, 0.5) is 0 Å². The maximum atomic E-state index is 13.0. The molecule has 0 saturated carbocycles. The summed E-state index contributed by atoms with van der Waals surface area (Å²) < 4.78 is 15.8. The molecule has 0 heterocycles. The molecule has 0 aliphatic heterocycles. The molecular formula is C17H19ClO5. The molecule has 1 aliphatic carbocycles. The highest BCUT2D eigenvalue weighted by molar-refractivity contribution is 6.34. The minimum absolute atomic E-state index is 0.0215. The van der Waals surface area contributed by atoms with Crippen LogP contribution in [0.5, 0.6) is 17.2 Å². The molecule has 0 saturated heterocycles. The first-order valence-corrected chi connectivity index (χ1v) is 7.56. The number of hydrogen-bond acceptors (Lipinski definition) is 5. The Labute approximate surface area is 140 Å². The molecule has 1 aromatic rings. The molecular weight excluding hydrogens is 320 g/mol. The van der Waals surface area contributed by atoms with Gasteiger partial charge in [-0.1, -0.05) is 24.6 Å². The van der Waals surface area contributed by atoms with Gasteiger partial charge in [-0.3, -0.25) is 9.59 Å². The van der Waals surface area contributed by atoms with Gasteiger partial charge in [-0.15, -0.1) is 0 Å². The van der Waals surface area contributed by atoms with Crippen molar-refractivity contribution < 1.29 is 23.8 Å². The van der Waals surface area contributed by atoms with Crippen molar-refractivity contribution in [1.29, 1.82) is 0 Å². The fourth-order valence-corrected chi connectivity index (χ4v) is 3.05. The van der Waals surface area contributed by atoms with Crippen LogP contribution in [-0.4, -0.2) is 32.9 Å². The van der Waals surface area contributed by atoms with Crippen molar-refractivity contribution in [3.8, 4) is 17.2 Å². The smallest absolute Gasteiger partial charge is 0.177 e. The summed E-state index contributed by atoms with van der Waals surface area (Å²) in [5.41, 5.74) is 0.261. The van der Waals surface area contributed by atoms with Gasteiger partial charge in [0.15, 0.2) is 17.3 Å². The van der Waals surface area contributed by atoms with E-state index in [4.69, 9.17) is 25.8 Å². The normalized spacial score (nSPS) is 20.3. The van der Waals surface area contributed by atoms with E-state index in [-0.39, 0.29) is 33.8 Å². The van der Waals surface area contributed by atoms with Gasteiger partial charge in [0.25, 0.3) is 0 Å². The number of methoxy groups -OCH3 is 3. The van der Waals surface area contributed by atoms with Gasteiger partial charge in [0.2, 0.25) is 0 Å².